The van der Waals surface area contributed by atoms with Crippen molar-refractivity contribution >= 4 is 17.3 Å². The molecule has 18 heavy (non-hydrogen) atoms. The SMILES string of the molecule is C=C(N)c1cc(C(F)(F)F)c(Cl)c(C(F)(F)F)c1. The maximum absolute atomic E-state index is 12.5. The summed E-state index contributed by atoms with van der Waals surface area (Å²) in [5.74, 6) is 0. The largest absolute Gasteiger partial charge is 0.417 e. The average Bonchev–Trinajstić information content (AvgIpc) is 2.13. The molecule has 0 saturated carbocycles. The lowest BCUT2D eigenvalue weighted by Gasteiger charge is -2.16. The first-order chi connectivity index (χ1) is 7.94. The van der Waals surface area contributed by atoms with Crippen LogP contribution in [0, 0.1) is 0 Å². The molecule has 0 atom stereocenters. The van der Waals surface area contributed by atoms with Crippen molar-refractivity contribution in [1.29, 1.82) is 0 Å². The van der Waals surface area contributed by atoms with Gasteiger partial charge in [0.05, 0.1) is 16.1 Å². The normalized spacial score (nSPS) is 12.6. The zero-order valence-electron chi connectivity index (χ0n) is 8.58. The summed E-state index contributed by atoms with van der Waals surface area (Å²) >= 11 is 5.14. The Labute approximate surface area is 103 Å². The number of alkyl halides is 6. The highest BCUT2D eigenvalue weighted by molar-refractivity contribution is 6.32. The Hall–Kier alpha value is -1.37. The minimum atomic E-state index is -5.01. The zero-order chi connectivity index (χ0) is 14.3. The van der Waals surface area contributed by atoms with Gasteiger partial charge in [-0.15, -0.1) is 0 Å². The molecular weight excluding hydrogens is 284 g/mol. The van der Waals surface area contributed by atoms with E-state index in [0.29, 0.717) is 12.1 Å². The molecule has 0 radical (unpaired) electrons. The van der Waals surface area contributed by atoms with Crippen molar-refractivity contribution in [2.45, 2.75) is 12.4 Å². The highest BCUT2D eigenvalue weighted by Gasteiger charge is 2.41. The highest BCUT2D eigenvalue weighted by atomic mass is 35.5. The fraction of sp³-hybridized carbons (Fsp3) is 0.200. The van der Waals surface area contributed by atoms with E-state index in [2.05, 4.69) is 6.58 Å². The summed E-state index contributed by atoms with van der Waals surface area (Å²) < 4.78 is 75.2. The van der Waals surface area contributed by atoms with Crippen molar-refractivity contribution in [3.63, 3.8) is 0 Å². The van der Waals surface area contributed by atoms with E-state index in [1.165, 1.54) is 0 Å². The molecule has 0 aliphatic heterocycles. The molecule has 1 rings (SSSR count). The van der Waals surface area contributed by atoms with Crippen LogP contribution in [-0.2, 0) is 12.4 Å². The molecule has 8 heteroatoms. The van der Waals surface area contributed by atoms with E-state index < -0.39 is 39.8 Å². The first-order valence-corrected chi connectivity index (χ1v) is 4.75. The number of hydrogen-bond acceptors (Lipinski definition) is 1. The number of benzene rings is 1. The molecule has 0 heterocycles. The second kappa shape index (κ2) is 4.38. The molecule has 1 aromatic rings. The molecule has 0 saturated heterocycles. The second-order valence-electron chi connectivity index (χ2n) is 3.41. The second-order valence-corrected chi connectivity index (χ2v) is 3.78. The number of nitrogens with two attached hydrogens (primary N) is 1. The lowest BCUT2D eigenvalue weighted by atomic mass is 10.0. The number of rotatable bonds is 1. The Balaban J connectivity index is 3.64. The minimum Gasteiger partial charge on any atom is -0.399 e. The van der Waals surface area contributed by atoms with Crippen LogP contribution < -0.4 is 5.73 Å². The summed E-state index contributed by atoms with van der Waals surface area (Å²) in [7, 11) is 0. The van der Waals surface area contributed by atoms with Crippen LogP contribution in [0.1, 0.15) is 16.7 Å². The van der Waals surface area contributed by atoms with Gasteiger partial charge < -0.3 is 5.73 Å². The third-order valence-corrected chi connectivity index (χ3v) is 2.46. The summed E-state index contributed by atoms with van der Waals surface area (Å²) in [5.41, 5.74) is 1.04. The lowest BCUT2D eigenvalue weighted by molar-refractivity contribution is -0.142. The minimum absolute atomic E-state index is 0.414. The molecule has 0 fully saturated rings. The molecular formula is C10H6ClF6N. The Bertz CT molecular complexity index is 453. The Morgan fingerprint density at radius 3 is 1.56 bits per heavy atom. The molecule has 1 aromatic carbocycles. The molecule has 100 valence electrons. The average molecular weight is 290 g/mol. The van der Waals surface area contributed by atoms with Crippen LogP contribution in [0.5, 0.6) is 0 Å². The van der Waals surface area contributed by atoms with Crippen molar-refractivity contribution in [2.75, 3.05) is 0 Å². The lowest BCUT2D eigenvalue weighted by Crippen LogP contribution is -2.14. The van der Waals surface area contributed by atoms with Gasteiger partial charge >= 0.3 is 12.4 Å². The molecule has 0 aromatic heterocycles. The summed E-state index contributed by atoms with van der Waals surface area (Å²) in [6.07, 6.45) is -10.0. The molecule has 0 bridgehead atoms. The van der Waals surface area contributed by atoms with E-state index in [9.17, 15) is 26.3 Å². The van der Waals surface area contributed by atoms with Gasteiger partial charge in [0.25, 0.3) is 0 Å². The zero-order valence-corrected chi connectivity index (χ0v) is 9.34. The molecule has 1 nitrogen and oxygen atoms in total. The maximum Gasteiger partial charge on any atom is 0.417 e. The van der Waals surface area contributed by atoms with Gasteiger partial charge in [-0.3, -0.25) is 0 Å². The highest BCUT2D eigenvalue weighted by Crippen LogP contribution is 2.43. The quantitative estimate of drug-likeness (QED) is 0.766. The fourth-order valence-electron chi connectivity index (χ4n) is 1.22. The van der Waals surface area contributed by atoms with Crippen molar-refractivity contribution < 1.29 is 26.3 Å². The number of hydrogen-bond donors (Lipinski definition) is 1. The monoisotopic (exact) mass is 289 g/mol. The topological polar surface area (TPSA) is 26.0 Å². The van der Waals surface area contributed by atoms with Crippen LogP contribution in [-0.4, -0.2) is 0 Å². The molecule has 0 amide bonds. The van der Waals surface area contributed by atoms with Crippen LogP contribution in [0.25, 0.3) is 5.70 Å². The van der Waals surface area contributed by atoms with Gasteiger partial charge in [-0.1, -0.05) is 18.2 Å². The van der Waals surface area contributed by atoms with Crippen molar-refractivity contribution in [2.24, 2.45) is 5.73 Å². The Kier molecular flexibility index (Phi) is 3.58. The van der Waals surface area contributed by atoms with E-state index in [0.717, 1.165) is 0 Å². The fourth-order valence-corrected chi connectivity index (χ4v) is 1.55. The predicted octanol–water partition coefficient (Wildman–Crippen LogP) is 4.31. The van der Waals surface area contributed by atoms with Crippen molar-refractivity contribution in [3.8, 4) is 0 Å². The van der Waals surface area contributed by atoms with E-state index in [-0.39, 0.29) is 0 Å². The van der Waals surface area contributed by atoms with Crippen molar-refractivity contribution in [1.82, 2.24) is 0 Å². The van der Waals surface area contributed by atoms with Gasteiger partial charge in [-0.05, 0) is 17.7 Å². The summed E-state index contributed by atoms with van der Waals surface area (Å²) in [4.78, 5) is 0. The molecule has 0 aliphatic rings. The Morgan fingerprint density at radius 1 is 1.00 bits per heavy atom. The predicted molar refractivity (Wildman–Crippen MR) is 54.7 cm³/mol. The van der Waals surface area contributed by atoms with Gasteiger partial charge in [-0.25, -0.2) is 0 Å². The van der Waals surface area contributed by atoms with Gasteiger partial charge in [0, 0.05) is 5.70 Å². The molecule has 2 N–H and O–H groups in total. The molecule has 0 unspecified atom stereocenters. The molecule has 0 aliphatic carbocycles. The maximum atomic E-state index is 12.5. The summed E-state index contributed by atoms with van der Waals surface area (Å²) in [5, 5.41) is -1.40. The van der Waals surface area contributed by atoms with Crippen LogP contribution in [0.3, 0.4) is 0 Å². The van der Waals surface area contributed by atoms with E-state index in [4.69, 9.17) is 17.3 Å². The standard InChI is InChI=1S/C10H6ClF6N/c1-4(18)5-2-6(9(12,13)14)8(11)7(3-5)10(15,16)17/h2-3H,1,18H2. The first kappa shape index (κ1) is 14.7. The molecule has 0 spiro atoms. The third kappa shape index (κ3) is 2.90. The summed E-state index contributed by atoms with van der Waals surface area (Å²) in [6, 6.07) is 0.861. The third-order valence-electron chi connectivity index (χ3n) is 2.05. The Morgan fingerprint density at radius 2 is 1.33 bits per heavy atom. The van der Waals surface area contributed by atoms with Gasteiger partial charge in [0.15, 0.2) is 0 Å². The number of halogens is 7. The van der Waals surface area contributed by atoms with Gasteiger partial charge in [-0.2, -0.15) is 26.3 Å². The van der Waals surface area contributed by atoms with Crippen LogP contribution >= 0.6 is 11.6 Å². The van der Waals surface area contributed by atoms with E-state index in [1.54, 1.807) is 0 Å². The van der Waals surface area contributed by atoms with Crippen LogP contribution in [0.2, 0.25) is 5.02 Å². The van der Waals surface area contributed by atoms with Gasteiger partial charge in [0.1, 0.15) is 0 Å². The van der Waals surface area contributed by atoms with Crippen LogP contribution in [0.15, 0.2) is 18.7 Å². The smallest absolute Gasteiger partial charge is 0.399 e. The summed E-state index contributed by atoms with van der Waals surface area (Å²) in [6.45, 7) is 3.10. The first-order valence-electron chi connectivity index (χ1n) is 4.37. The van der Waals surface area contributed by atoms with Crippen LogP contribution in [0.4, 0.5) is 26.3 Å². The van der Waals surface area contributed by atoms with Gasteiger partial charge in [0.2, 0.25) is 0 Å². The van der Waals surface area contributed by atoms with E-state index >= 15 is 0 Å². The van der Waals surface area contributed by atoms with Crippen molar-refractivity contribution in [3.05, 3.63) is 40.4 Å². The van der Waals surface area contributed by atoms with E-state index in [1.807, 2.05) is 0 Å².